The van der Waals surface area contributed by atoms with E-state index in [2.05, 4.69) is 15.0 Å². The number of pyridine rings is 2. The molecule has 152 valence electrons. The van der Waals surface area contributed by atoms with E-state index in [9.17, 15) is 13.9 Å². The highest BCUT2D eigenvalue weighted by Gasteiger charge is 2.21. The molecule has 0 saturated carbocycles. The molecule has 8 heteroatoms. The zero-order chi connectivity index (χ0) is 21.3. The summed E-state index contributed by atoms with van der Waals surface area (Å²) in [6.45, 7) is 3.30. The SMILES string of the molecule is CC(C)(O)c1ccc(-c2nc(-c3ccc(F)cc3)oc2Sc2ccc(F)cn2)cn1. The van der Waals surface area contributed by atoms with E-state index in [1.165, 1.54) is 30.0 Å². The van der Waals surface area contributed by atoms with Crippen molar-refractivity contribution in [3.8, 4) is 22.7 Å². The Morgan fingerprint density at radius 3 is 2.17 bits per heavy atom. The lowest BCUT2D eigenvalue weighted by atomic mass is 10.0. The van der Waals surface area contributed by atoms with Crippen LogP contribution >= 0.6 is 11.8 Å². The van der Waals surface area contributed by atoms with E-state index < -0.39 is 11.4 Å². The number of hydrogen-bond acceptors (Lipinski definition) is 6. The Bertz CT molecular complexity index is 1150. The van der Waals surface area contributed by atoms with Crippen LogP contribution in [-0.4, -0.2) is 20.1 Å². The van der Waals surface area contributed by atoms with Crippen molar-refractivity contribution in [3.05, 3.63) is 78.3 Å². The Morgan fingerprint density at radius 2 is 1.57 bits per heavy atom. The topological polar surface area (TPSA) is 72.0 Å². The molecule has 0 unspecified atom stereocenters. The van der Waals surface area contributed by atoms with Crippen LogP contribution in [0.15, 0.2) is 75.5 Å². The van der Waals surface area contributed by atoms with Crippen molar-refractivity contribution < 1.29 is 18.3 Å². The highest BCUT2D eigenvalue weighted by Crippen LogP contribution is 2.38. The molecule has 1 aromatic carbocycles. The summed E-state index contributed by atoms with van der Waals surface area (Å²) >= 11 is 1.19. The van der Waals surface area contributed by atoms with Crippen LogP contribution in [0.25, 0.3) is 22.7 Å². The summed E-state index contributed by atoms with van der Waals surface area (Å²) in [5.41, 5.74) is 1.24. The molecule has 0 bridgehead atoms. The Kier molecular flexibility index (Phi) is 5.36. The van der Waals surface area contributed by atoms with E-state index in [0.29, 0.717) is 38.5 Å². The van der Waals surface area contributed by atoms with E-state index in [0.717, 1.165) is 6.20 Å². The van der Waals surface area contributed by atoms with Crippen LogP contribution in [-0.2, 0) is 5.60 Å². The normalized spacial score (nSPS) is 11.6. The molecule has 0 amide bonds. The van der Waals surface area contributed by atoms with Crippen molar-refractivity contribution in [2.45, 2.75) is 29.6 Å². The first-order valence-electron chi connectivity index (χ1n) is 9.05. The number of halogens is 2. The molecule has 0 saturated heterocycles. The first kappa shape index (κ1) is 20.2. The van der Waals surface area contributed by atoms with Crippen LogP contribution < -0.4 is 0 Å². The lowest BCUT2D eigenvalue weighted by Gasteiger charge is -2.16. The smallest absolute Gasteiger partial charge is 0.228 e. The van der Waals surface area contributed by atoms with Gasteiger partial charge in [0.1, 0.15) is 28.0 Å². The van der Waals surface area contributed by atoms with Gasteiger partial charge in [-0.1, -0.05) is 0 Å². The third kappa shape index (κ3) is 4.39. The second-order valence-electron chi connectivity index (χ2n) is 7.07. The summed E-state index contributed by atoms with van der Waals surface area (Å²) in [5.74, 6) is -0.487. The van der Waals surface area contributed by atoms with Gasteiger partial charge >= 0.3 is 0 Å². The second kappa shape index (κ2) is 7.97. The highest BCUT2D eigenvalue weighted by atomic mass is 32.2. The summed E-state index contributed by atoms with van der Waals surface area (Å²) < 4.78 is 32.4. The minimum atomic E-state index is -1.07. The van der Waals surface area contributed by atoms with Crippen molar-refractivity contribution in [1.82, 2.24) is 15.0 Å². The Labute approximate surface area is 175 Å². The zero-order valence-electron chi connectivity index (χ0n) is 16.1. The van der Waals surface area contributed by atoms with Gasteiger partial charge in [0.25, 0.3) is 0 Å². The molecule has 30 heavy (non-hydrogen) atoms. The fourth-order valence-corrected chi connectivity index (χ4v) is 3.50. The number of benzene rings is 1. The van der Waals surface area contributed by atoms with Crippen LogP contribution in [0.4, 0.5) is 8.78 Å². The Morgan fingerprint density at radius 1 is 0.867 bits per heavy atom. The third-order valence-corrected chi connectivity index (χ3v) is 5.16. The third-order valence-electron chi connectivity index (χ3n) is 4.25. The highest BCUT2D eigenvalue weighted by molar-refractivity contribution is 7.99. The van der Waals surface area contributed by atoms with E-state index in [-0.39, 0.29) is 5.82 Å². The summed E-state index contributed by atoms with van der Waals surface area (Å²) in [5, 5.41) is 11.1. The monoisotopic (exact) mass is 425 g/mol. The predicted octanol–water partition coefficient (Wildman–Crippen LogP) is 5.46. The van der Waals surface area contributed by atoms with E-state index in [4.69, 9.17) is 4.42 Å². The van der Waals surface area contributed by atoms with Gasteiger partial charge in [0, 0.05) is 17.3 Å². The lowest BCUT2D eigenvalue weighted by Crippen LogP contribution is -2.17. The van der Waals surface area contributed by atoms with Gasteiger partial charge in [-0.2, -0.15) is 0 Å². The first-order chi connectivity index (χ1) is 14.3. The van der Waals surface area contributed by atoms with E-state index in [1.54, 1.807) is 50.4 Å². The number of aliphatic hydroxyl groups is 1. The maximum atomic E-state index is 13.3. The molecule has 5 nitrogen and oxygen atoms in total. The van der Waals surface area contributed by atoms with E-state index >= 15 is 0 Å². The molecular formula is C22H17F2N3O2S. The predicted molar refractivity (Wildman–Crippen MR) is 109 cm³/mol. The Balaban J connectivity index is 1.76. The number of oxazole rings is 1. The van der Waals surface area contributed by atoms with Crippen LogP contribution in [0.3, 0.4) is 0 Å². The fourth-order valence-electron chi connectivity index (χ4n) is 2.69. The molecule has 0 spiro atoms. The summed E-state index contributed by atoms with van der Waals surface area (Å²) in [7, 11) is 0. The van der Waals surface area contributed by atoms with Gasteiger partial charge in [0.15, 0.2) is 5.09 Å². The number of nitrogens with zero attached hydrogens (tertiary/aromatic N) is 3. The van der Waals surface area contributed by atoms with Gasteiger partial charge in [-0.25, -0.2) is 18.7 Å². The average Bonchev–Trinajstić information content (AvgIpc) is 3.13. The molecule has 3 heterocycles. The van der Waals surface area contributed by atoms with Crippen molar-refractivity contribution in [3.63, 3.8) is 0 Å². The van der Waals surface area contributed by atoms with Crippen molar-refractivity contribution in [1.29, 1.82) is 0 Å². The largest absolute Gasteiger partial charge is 0.429 e. The minimum absolute atomic E-state index is 0.307. The standard InChI is InChI=1S/C22H17F2N3O2S/c1-22(2,28)17-9-5-14(11-25-17)19-21(30-18-10-8-16(24)12-26-18)29-20(27-19)13-3-6-15(23)7-4-13/h3-12,28H,1-2H3. The van der Waals surface area contributed by atoms with E-state index in [1.807, 2.05) is 0 Å². The molecule has 0 aliphatic carbocycles. The van der Waals surface area contributed by atoms with Crippen molar-refractivity contribution in [2.75, 3.05) is 0 Å². The maximum absolute atomic E-state index is 13.3. The van der Waals surface area contributed by atoms with Crippen LogP contribution in [0.1, 0.15) is 19.5 Å². The molecule has 4 aromatic rings. The van der Waals surface area contributed by atoms with Gasteiger partial charge < -0.3 is 9.52 Å². The minimum Gasteiger partial charge on any atom is -0.429 e. The summed E-state index contributed by atoms with van der Waals surface area (Å²) in [4.78, 5) is 12.9. The van der Waals surface area contributed by atoms with Gasteiger partial charge in [-0.3, -0.25) is 4.98 Å². The van der Waals surface area contributed by atoms with Crippen molar-refractivity contribution in [2.24, 2.45) is 0 Å². The first-order valence-corrected chi connectivity index (χ1v) is 9.87. The molecular weight excluding hydrogens is 408 g/mol. The van der Waals surface area contributed by atoms with Gasteiger partial charge in [-0.15, -0.1) is 0 Å². The van der Waals surface area contributed by atoms with Gasteiger partial charge in [0.2, 0.25) is 5.89 Å². The molecule has 3 aromatic heterocycles. The molecule has 0 aliphatic rings. The molecule has 1 N–H and O–H groups in total. The lowest BCUT2D eigenvalue weighted by molar-refractivity contribution is 0.0739. The fraction of sp³-hybridized carbons (Fsp3) is 0.136. The van der Waals surface area contributed by atoms with Gasteiger partial charge in [-0.05, 0) is 74.1 Å². The molecule has 0 radical (unpaired) electrons. The molecule has 4 rings (SSSR count). The Hall–Kier alpha value is -3.10. The molecule has 0 atom stereocenters. The zero-order valence-corrected chi connectivity index (χ0v) is 17.0. The molecule has 0 aliphatic heterocycles. The van der Waals surface area contributed by atoms with Gasteiger partial charge in [0.05, 0.1) is 11.9 Å². The number of hydrogen-bond donors (Lipinski definition) is 1. The van der Waals surface area contributed by atoms with Crippen LogP contribution in [0.2, 0.25) is 0 Å². The summed E-state index contributed by atoms with van der Waals surface area (Å²) in [6.07, 6.45) is 2.72. The molecule has 0 fully saturated rings. The summed E-state index contributed by atoms with van der Waals surface area (Å²) in [6, 6.07) is 12.2. The number of aromatic nitrogens is 3. The van der Waals surface area contributed by atoms with Crippen LogP contribution in [0.5, 0.6) is 0 Å². The van der Waals surface area contributed by atoms with Crippen LogP contribution in [0, 0.1) is 11.6 Å². The average molecular weight is 425 g/mol. The number of rotatable bonds is 5. The maximum Gasteiger partial charge on any atom is 0.228 e. The van der Waals surface area contributed by atoms with Crippen molar-refractivity contribution >= 4 is 11.8 Å². The quantitative estimate of drug-likeness (QED) is 0.458. The second-order valence-corrected chi connectivity index (χ2v) is 8.06.